The fourth-order valence-corrected chi connectivity index (χ4v) is 1.91. The minimum atomic E-state index is 0.589. The van der Waals surface area contributed by atoms with Crippen molar-refractivity contribution in [1.29, 1.82) is 0 Å². The van der Waals surface area contributed by atoms with E-state index < -0.39 is 0 Å². The van der Waals surface area contributed by atoms with Crippen LogP contribution in [-0.2, 0) is 0 Å². The normalized spacial score (nSPS) is 10.3. The molecule has 0 aliphatic rings. The fourth-order valence-electron chi connectivity index (χ4n) is 1.39. The predicted octanol–water partition coefficient (Wildman–Crippen LogP) is 4.13. The molecule has 5 heteroatoms. The van der Waals surface area contributed by atoms with Crippen molar-refractivity contribution in [2.24, 2.45) is 0 Å². The van der Waals surface area contributed by atoms with Crippen molar-refractivity contribution in [3.05, 3.63) is 45.5 Å². The Kier molecular flexibility index (Phi) is 3.54. The molecule has 88 valence electrons. The third kappa shape index (κ3) is 2.90. The first-order valence-corrected chi connectivity index (χ1v) is 6.18. The van der Waals surface area contributed by atoms with Gasteiger partial charge in [0.05, 0.1) is 16.4 Å². The lowest BCUT2D eigenvalue weighted by Crippen LogP contribution is -2.00. The van der Waals surface area contributed by atoms with Crippen LogP contribution in [0.25, 0.3) is 0 Å². The number of halogens is 2. The van der Waals surface area contributed by atoms with Crippen LogP contribution in [0.3, 0.4) is 0 Å². The molecule has 0 unspecified atom stereocenters. The summed E-state index contributed by atoms with van der Waals surface area (Å²) < 4.78 is 0.940. The summed E-state index contributed by atoms with van der Waals surface area (Å²) in [6.07, 6.45) is 0. The summed E-state index contributed by atoms with van der Waals surface area (Å²) in [5.74, 6) is 0.616. The molecule has 2 rings (SSSR count). The average Bonchev–Trinajstić information content (AvgIpc) is 2.28. The maximum atomic E-state index is 6.09. The number of nitrogens with two attached hydrogens (primary N) is 1. The summed E-state index contributed by atoms with van der Waals surface area (Å²) in [4.78, 5) is 4.33. The van der Waals surface area contributed by atoms with E-state index in [9.17, 15) is 0 Å². The molecule has 0 spiro atoms. The van der Waals surface area contributed by atoms with Crippen LogP contribution in [0.1, 0.15) is 5.69 Å². The predicted molar refractivity (Wildman–Crippen MR) is 75.8 cm³/mol. The topological polar surface area (TPSA) is 50.9 Å². The Morgan fingerprint density at radius 1 is 1.29 bits per heavy atom. The van der Waals surface area contributed by atoms with E-state index in [4.69, 9.17) is 17.3 Å². The lowest BCUT2D eigenvalue weighted by molar-refractivity contribution is 1.20. The van der Waals surface area contributed by atoms with Crippen LogP contribution < -0.4 is 11.1 Å². The summed E-state index contributed by atoms with van der Waals surface area (Å²) in [5, 5.41) is 3.75. The minimum Gasteiger partial charge on any atom is -0.396 e. The van der Waals surface area contributed by atoms with Gasteiger partial charge < -0.3 is 11.1 Å². The van der Waals surface area contributed by atoms with Crippen LogP contribution >= 0.6 is 27.5 Å². The zero-order chi connectivity index (χ0) is 12.4. The van der Waals surface area contributed by atoms with Gasteiger partial charge in [0.15, 0.2) is 5.82 Å². The lowest BCUT2D eigenvalue weighted by Gasteiger charge is -2.10. The molecule has 0 aliphatic carbocycles. The molecule has 1 aromatic carbocycles. The van der Waals surface area contributed by atoms with Gasteiger partial charge in [-0.25, -0.2) is 4.98 Å². The average molecular weight is 313 g/mol. The summed E-state index contributed by atoms with van der Waals surface area (Å²) in [6, 6.07) is 9.24. The molecular formula is C12H11BrClN3. The smallest absolute Gasteiger partial charge is 0.153 e. The van der Waals surface area contributed by atoms with Gasteiger partial charge in [0.25, 0.3) is 0 Å². The Morgan fingerprint density at radius 3 is 2.82 bits per heavy atom. The van der Waals surface area contributed by atoms with Crippen LogP contribution in [0.4, 0.5) is 17.2 Å². The quantitative estimate of drug-likeness (QED) is 0.876. The van der Waals surface area contributed by atoms with Crippen LogP contribution in [0, 0.1) is 6.92 Å². The van der Waals surface area contributed by atoms with Gasteiger partial charge in [0.2, 0.25) is 0 Å². The maximum absolute atomic E-state index is 6.09. The molecule has 0 aliphatic heterocycles. The molecule has 0 amide bonds. The Labute approximate surface area is 113 Å². The highest BCUT2D eigenvalue weighted by atomic mass is 79.9. The van der Waals surface area contributed by atoms with Crippen LogP contribution in [0.5, 0.6) is 0 Å². The summed E-state index contributed by atoms with van der Waals surface area (Å²) in [5.41, 5.74) is 8.10. The molecule has 0 saturated heterocycles. The van der Waals surface area contributed by atoms with Gasteiger partial charge in [-0.1, -0.05) is 27.5 Å². The van der Waals surface area contributed by atoms with Crippen molar-refractivity contribution in [2.45, 2.75) is 6.92 Å². The molecule has 0 radical (unpaired) electrons. The number of nitrogens with one attached hydrogen (secondary N) is 1. The van der Waals surface area contributed by atoms with Gasteiger partial charge in [-0.05, 0) is 37.3 Å². The summed E-state index contributed by atoms with van der Waals surface area (Å²) in [7, 11) is 0. The molecule has 1 heterocycles. The molecule has 3 nitrogen and oxygen atoms in total. The Morgan fingerprint density at radius 2 is 2.06 bits per heavy atom. The summed E-state index contributed by atoms with van der Waals surface area (Å²) in [6.45, 7) is 1.91. The number of nitrogen functional groups attached to an aromatic ring is 1. The first-order valence-electron chi connectivity index (χ1n) is 5.01. The van der Waals surface area contributed by atoms with Crippen molar-refractivity contribution in [1.82, 2.24) is 4.98 Å². The number of hydrogen-bond acceptors (Lipinski definition) is 3. The number of pyridine rings is 1. The van der Waals surface area contributed by atoms with E-state index in [-0.39, 0.29) is 0 Å². The number of benzene rings is 1. The third-order valence-corrected chi connectivity index (χ3v) is 3.07. The van der Waals surface area contributed by atoms with Crippen LogP contribution in [-0.4, -0.2) is 4.98 Å². The minimum absolute atomic E-state index is 0.589. The Balaban J connectivity index is 2.37. The second-order valence-electron chi connectivity index (χ2n) is 3.64. The zero-order valence-electron chi connectivity index (χ0n) is 9.17. The second-order valence-corrected chi connectivity index (χ2v) is 4.96. The van der Waals surface area contributed by atoms with E-state index in [1.54, 1.807) is 6.07 Å². The first-order chi connectivity index (χ1) is 8.06. The second kappa shape index (κ2) is 4.94. The molecule has 0 fully saturated rings. The van der Waals surface area contributed by atoms with Gasteiger partial charge in [-0.3, -0.25) is 0 Å². The molecule has 2 aromatic rings. The summed E-state index contributed by atoms with van der Waals surface area (Å²) >= 11 is 9.48. The lowest BCUT2D eigenvalue weighted by atomic mass is 10.3. The number of rotatable bonds is 2. The van der Waals surface area contributed by atoms with Gasteiger partial charge in [-0.15, -0.1) is 0 Å². The Bertz CT molecular complexity index is 508. The van der Waals surface area contributed by atoms with Crippen molar-refractivity contribution >= 4 is 44.7 Å². The van der Waals surface area contributed by atoms with Crippen molar-refractivity contribution < 1.29 is 0 Å². The highest BCUT2D eigenvalue weighted by molar-refractivity contribution is 9.10. The molecular weight excluding hydrogens is 302 g/mol. The van der Waals surface area contributed by atoms with Gasteiger partial charge in [-0.2, -0.15) is 0 Å². The monoisotopic (exact) mass is 311 g/mol. The molecule has 17 heavy (non-hydrogen) atoms. The highest BCUT2D eigenvalue weighted by Crippen LogP contribution is 2.29. The number of aromatic nitrogens is 1. The first kappa shape index (κ1) is 12.2. The standard InChI is InChI=1S/C12H11BrClN3/c1-7-2-5-10(15)12(16-7)17-11-6-8(13)3-4-9(11)14/h2-6H,15H2,1H3,(H,16,17). The third-order valence-electron chi connectivity index (χ3n) is 2.25. The largest absolute Gasteiger partial charge is 0.396 e. The number of nitrogens with zero attached hydrogens (tertiary/aromatic N) is 1. The van der Waals surface area contributed by atoms with Crippen molar-refractivity contribution in [2.75, 3.05) is 11.1 Å². The van der Waals surface area contributed by atoms with Crippen LogP contribution in [0.15, 0.2) is 34.8 Å². The highest BCUT2D eigenvalue weighted by Gasteiger charge is 2.05. The van der Waals surface area contributed by atoms with Crippen molar-refractivity contribution in [3.63, 3.8) is 0 Å². The van der Waals surface area contributed by atoms with Gasteiger partial charge in [0, 0.05) is 10.2 Å². The van der Waals surface area contributed by atoms with Crippen LogP contribution in [0.2, 0.25) is 5.02 Å². The fraction of sp³-hybridized carbons (Fsp3) is 0.0833. The van der Waals surface area contributed by atoms with E-state index >= 15 is 0 Å². The van der Waals surface area contributed by atoms with E-state index in [0.717, 1.165) is 15.9 Å². The molecule has 3 N–H and O–H groups in total. The number of aryl methyl sites for hydroxylation is 1. The van der Waals surface area contributed by atoms with Gasteiger partial charge in [0.1, 0.15) is 0 Å². The molecule has 0 atom stereocenters. The molecule has 0 bridgehead atoms. The van der Waals surface area contributed by atoms with E-state index in [1.165, 1.54) is 0 Å². The molecule has 1 aromatic heterocycles. The maximum Gasteiger partial charge on any atom is 0.153 e. The Hall–Kier alpha value is -1.26. The van der Waals surface area contributed by atoms with Crippen molar-refractivity contribution in [3.8, 4) is 0 Å². The number of anilines is 3. The van der Waals surface area contributed by atoms with E-state index in [0.29, 0.717) is 16.5 Å². The zero-order valence-corrected chi connectivity index (χ0v) is 11.5. The number of hydrogen-bond donors (Lipinski definition) is 2. The van der Waals surface area contributed by atoms with Gasteiger partial charge >= 0.3 is 0 Å². The SMILES string of the molecule is Cc1ccc(N)c(Nc2cc(Br)ccc2Cl)n1. The van der Waals surface area contributed by atoms with E-state index in [1.807, 2.05) is 31.2 Å². The van der Waals surface area contributed by atoms with E-state index in [2.05, 4.69) is 26.2 Å². The molecule has 0 saturated carbocycles.